The molecule has 0 atom stereocenters. The van der Waals surface area contributed by atoms with Gasteiger partial charge in [0.25, 0.3) is 0 Å². The van der Waals surface area contributed by atoms with Gasteiger partial charge in [0.15, 0.2) is 0 Å². The van der Waals surface area contributed by atoms with Crippen LogP contribution in [-0.4, -0.2) is 7.11 Å². The fraction of sp³-hybridized carbons (Fsp3) is 0.250. The molecule has 100 valence electrons. The number of anilines is 1. The fourth-order valence-corrected chi connectivity index (χ4v) is 2.26. The van der Waals surface area contributed by atoms with Gasteiger partial charge < -0.3 is 10.1 Å². The van der Waals surface area contributed by atoms with Crippen molar-refractivity contribution in [3.05, 3.63) is 58.6 Å². The highest BCUT2D eigenvalue weighted by atomic mass is 35.5. The highest BCUT2D eigenvalue weighted by Crippen LogP contribution is 2.28. The molecule has 2 nitrogen and oxygen atoms in total. The van der Waals surface area contributed by atoms with Crippen LogP contribution < -0.4 is 10.1 Å². The van der Waals surface area contributed by atoms with Crippen molar-refractivity contribution in [3.63, 3.8) is 0 Å². The summed E-state index contributed by atoms with van der Waals surface area (Å²) in [5, 5.41) is 4.09. The van der Waals surface area contributed by atoms with E-state index in [1.54, 1.807) is 7.11 Å². The minimum Gasteiger partial charge on any atom is -0.495 e. The van der Waals surface area contributed by atoms with Crippen LogP contribution in [0.5, 0.6) is 5.75 Å². The molecule has 0 amide bonds. The highest BCUT2D eigenvalue weighted by molar-refractivity contribution is 6.30. The summed E-state index contributed by atoms with van der Waals surface area (Å²) >= 11 is 6.02. The van der Waals surface area contributed by atoms with Crippen LogP contribution in [0.3, 0.4) is 0 Å². The van der Waals surface area contributed by atoms with Crippen LogP contribution in [0.25, 0.3) is 0 Å². The smallest absolute Gasteiger partial charge is 0.142 e. The molecule has 0 bridgehead atoms. The Kier molecular flexibility index (Phi) is 4.69. The van der Waals surface area contributed by atoms with Gasteiger partial charge in [-0.15, -0.1) is 0 Å². The van der Waals surface area contributed by atoms with E-state index in [9.17, 15) is 0 Å². The van der Waals surface area contributed by atoms with Gasteiger partial charge in [0, 0.05) is 11.6 Å². The number of hydrogen-bond acceptors (Lipinski definition) is 2. The number of benzene rings is 2. The van der Waals surface area contributed by atoms with Gasteiger partial charge in [-0.05, 0) is 35.7 Å². The van der Waals surface area contributed by atoms with Crippen molar-refractivity contribution >= 4 is 17.3 Å². The van der Waals surface area contributed by atoms with Gasteiger partial charge >= 0.3 is 0 Å². The first-order chi connectivity index (χ1) is 9.24. The predicted molar refractivity (Wildman–Crippen MR) is 81.2 cm³/mol. The van der Waals surface area contributed by atoms with E-state index in [2.05, 4.69) is 36.5 Å². The molecule has 0 saturated heterocycles. The number of rotatable bonds is 5. The summed E-state index contributed by atoms with van der Waals surface area (Å²) < 4.78 is 5.32. The Hall–Kier alpha value is -1.67. The first kappa shape index (κ1) is 13.8. The maximum absolute atomic E-state index is 6.02. The Labute approximate surface area is 119 Å². The lowest BCUT2D eigenvalue weighted by Gasteiger charge is -2.13. The van der Waals surface area contributed by atoms with Gasteiger partial charge in [-0.3, -0.25) is 0 Å². The van der Waals surface area contributed by atoms with Gasteiger partial charge in [0.05, 0.1) is 12.8 Å². The average molecular weight is 276 g/mol. The van der Waals surface area contributed by atoms with Gasteiger partial charge in [-0.1, -0.05) is 42.8 Å². The lowest BCUT2D eigenvalue weighted by Crippen LogP contribution is -2.03. The standard InChI is InChI=1S/C16H18ClNO/c1-3-12-6-4-5-7-13(12)11-18-15-10-14(17)8-9-16(15)19-2/h4-10,18H,3,11H2,1-2H3. The SMILES string of the molecule is CCc1ccccc1CNc1cc(Cl)ccc1OC. The number of ether oxygens (including phenoxy) is 1. The van der Waals surface area contributed by atoms with E-state index >= 15 is 0 Å². The largest absolute Gasteiger partial charge is 0.495 e. The number of nitrogens with one attached hydrogen (secondary N) is 1. The van der Waals surface area contributed by atoms with E-state index in [0.717, 1.165) is 24.4 Å². The van der Waals surface area contributed by atoms with Crippen molar-refractivity contribution in [1.29, 1.82) is 0 Å². The van der Waals surface area contributed by atoms with E-state index in [4.69, 9.17) is 16.3 Å². The minimum absolute atomic E-state index is 0.701. The van der Waals surface area contributed by atoms with Crippen molar-refractivity contribution in [3.8, 4) is 5.75 Å². The first-order valence-electron chi connectivity index (χ1n) is 6.38. The second kappa shape index (κ2) is 6.48. The molecule has 0 radical (unpaired) electrons. The van der Waals surface area contributed by atoms with Crippen molar-refractivity contribution in [2.75, 3.05) is 12.4 Å². The van der Waals surface area contributed by atoms with Crippen molar-refractivity contribution in [2.45, 2.75) is 19.9 Å². The Balaban J connectivity index is 2.16. The van der Waals surface area contributed by atoms with Crippen LogP contribution in [0.2, 0.25) is 5.02 Å². The summed E-state index contributed by atoms with van der Waals surface area (Å²) in [4.78, 5) is 0. The molecular formula is C16H18ClNO. The molecule has 0 aromatic heterocycles. The monoisotopic (exact) mass is 275 g/mol. The molecule has 0 aliphatic rings. The molecule has 1 N–H and O–H groups in total. The summed E-state index contributed by atoms with van der Waals surface area (Å²) in [6, 6.07) is 14.0. The average Bonchev–Trinajstić information content (AvgIpc) is 2.45. The Morgan fingerprint density at radius 3 is 2.53 bits per heavy atom. The number of halogens is 1. The number of hydrogen-bond donors (Lipinski definition) is 1. The maximum atomic E-state index is 6.02. The van der Waals surface area contributed by atoms with Crippen LogP contribution in [0.1, 0.15) is 18.1 Å². The Morgan fingerprint density at radius 1 is 1.11 bits per heavy atom. The maximum Gasteiger partial charge on any atom is 0.142 e. The molecule has 0 aliphatic heterocycles. The van der Waals surface area contributed by atoms with E-state index in [1.165, 1.54) is 11.1 Å². The summed E-state index contributed by atoms with van der Waals surface area (Å²) in [7, 11) is 1.66. The molecule has 0 aliphatic carbocycles. The van der Waals surface area contributed by atoms with Crippen LogP contribution in [0, 0.1) is 0 Å². The molecule has 0 unspecified atom stereocenters. The van der Waals surface area contributed by atoms with Crippen molar-refractivity contribution in [1.82, 2.24) is 0 Å². The quantitative estimate of drug-likeness (QED) is 0.866. The van der Waals surface area contributed by atoms with E-state index in [-0.39, 0.29) is 0 Å². The lowest BCUT2D eigenvalue weighted by molar-refractivity contribution is 0.416. The molecule has 2 rings (SSSR count). The molecule has 0 heterocycles. The van der Waals surface area contributed by atoms with E-state index in [0.29, 0.717) is 5.02 Å². The minimum atomic E-state index is 0.701. The van der Waals surface area contributed by atoms with E-state index in [1.807, 2.05) is 18.2 Å². The van der Waals surface area contributed by atoms with Gasteiger partial charge in [0.1, 0.15) is 5.75 Å². The van der Waals surface area contributed by atoms with Crippen LogP contribution in [-0.2, 0) is 13.0 Å². The second-order valence-electron chi connectivity index (χ2n) is 4.32. The third kappa shape index (κ3) is 3.42. The molecule has 2 aromatic carbocycles. The second-order valence-corrected chi connectivity index (χ2v) is 4.76. The zero-order chi connectivity index (χ0) is 13.7. The van der Waals surface area contributed by atoms with Crippen LogP contribution in [0.15, 0.2) is 42.5 Å². The van der Waals surface area contributed by atoms with Crippen LogP contribution >= 0.6 is 11.6 Å². The molecular weight excluding hydrogens is 258 g/mol. The van der Waals surface area contributed by atoms with Crippen molar-refractivity contribution < 1.29 is 4.74 Å². The summed E-state index contributed by atoms with van der Waals surface area (Å²) in [5.74, 6) is 0.804. The third-order valence-electron chi connectivity index (χ3n) is 3.13. The molecule has 0 fully saturated rings. The Morgan fingerprint density at radius 2 is 1.84 bits per heavy atom. The fourth-order valence-electron chi connectivity index (χ4n) is 2.08. The summed E-state index contributed by atoms with van der Waals surface area (Å²) in [6.45, 7) is 2.93. The van der Waals surface area contributed by atoms with Gasteiger partial charge in [-0.25, -0.2) is 0 Å². The predicted octanol–water partition coefficient (Wildman–Crippen LogP) is 4.52. The number of methoxy groups -OCH3 is 1. The normalized spacial score (nSPS) is 10.3. The van der Waals surface area contributed by atoms with Gasteiger partial charge in [-0.2, -0.15) is 0 Å². The zero-order valence-corrected chi connectivity index (χ0v) is 12.0. The van der Waals surface area contributed by atoms with E-state index < -0.39 is 0 Å². The summed E-state index contributed by atoms with van der Waals surface area (Å²) in [5.41, 5.74) is 3.57. The topological polar surface area (TPSA) is 21.3 Å². The summed E-state index contributed by atoms with van der Waals surface area (Å²) in [6.07, 6.45) is 1.03. The first-order valence-corrected chi connectivity index (χ1v) is 6.76. The van der Waals surface area contributed by atoms with Gasteiger partial charge in [0.2, 0.25) is 0 Å². The van der Waals surface area contributed by atoms with Crippen molar-refractivity contribution in [2.24, 2.45) is 0 Å². The molecule has 0 spiro atoms. The van der Waals surface area contributed by atoms with Crippen LogP contribution in [0.4, 0.5) is 5.69 Å². The molecule has 2 aromatic rings. The zero-order valence-electron chi connectivity index (χ0n) is 11.2. The molecule has 19 heavy (non-hydrogen) atoms. The molecule has 0 saturated carbocycles. The Bertz CT molecular complexity index is 554. The molecule has 3 heteroatoms. The highest BCUT2D eigenvalue weighted by Gasteiger charge is 2.05. The number of aryl methyl sites for hydroxylation is 1. The third-order valence-corrected chi connectivity index (χ3v) is 3.37. The lowest BCUT2D eigenvalue weighted by atomic mass is 10.1.